The van der Waals surface area contributed by atoms with Gasteiger partial charge >= 0.3 is 11.7 Å². The molecule has 0 atom stereocenters. The molecule has 33 heavy (non-hydrogen) atoms. The van der Waals surface area contributed by atoms with E-state index in [0.29, 0.717) is 16.5 Å². The highest BCUT2D eigenvalue weighted by Gasteiger charge is 2.22. The van der Waals surface area contributed by atoms with Gasteiger partial charge in [-0.05, 0) is 12.1 Å². The largest absolute Gasteiger partial charge is 0.456 e. The SMILES string of the molecule is O=C(c1ccccc1)c1ccc2cc(C(=O)/C(CCl)=N\OC(=O)N3C=CNN3)c(=O)oc2c1. The predicted octanol–water partition coefficient (Wildman–Crippen LogP) is 2.73. The third-order valence-electron chi connectivity index (χ3n) is 4.59. The minimum absolute atomic E-state index is 0.133. The maximum absolute atomic E-state index is 12.8. The second-order valence-electron chi connectivity index (χ2n) is 6.70. The van der Waals surface area contributed by atoms with Gasteiger partial charge in [0.1, 0.15) is 16.9 Å². The summed E-state index contributed by atoms with van der Waals surface area (Å²) in [6.07, 6.45) is 1.82. The van der Waals surface area contributed by atoms with Crippen molar-refractivity contribution >= 4 is 45.9 Å². The van der Waals surface area contributed by atoms with Crippen LogP contribution in [-0.2, 0) is 4.84 Å². The van der Waals surface area contributed by atoms with Gasteiger partial charge in [-0.3, -0.25) is 14.4 Å². The summed E-state index contributed by atoms with van der Waals surface area (Å²) >= 11 is 5.77. The van der Waals surface area contributed by atoms with Crippen molar-refractivity contribution in [1.29, 1.82) is 0 Å². The highest BCUT2D eigenvalue weighted by Crippen LogP contribution is 2.19. The molecule has 0 fully saturated rings. The van der Waals surface area contributed by atoms with Crippen LogP contribution in [-0.4, -0.2) is 34.3 Å². The van der Waals surface area contributed by atoms with Gasteiger partial charge in [0.15, 0.2) is 5.78 Å². The molecular weight excluding hydrogens is 452 g/mol. The molecular formula is C22H15ClN4O6. The van der Waals surface area contributed by atoms with E-state index in [1.165, 1.54) is 24.5 Å². The Hall–Kier alpha value is -4.28. The number of fused-ring (bicyclic) bond motifs is 1. The molecule has 11 heteroatoms. The lowest BCUT2D eigenvalue weighted by atomic mass is 10.0. The van der Waals surface area contributed by atoms with Crippen LogP contribution in [0.1, 0.15) is 26.3 Å². The standard InChI is InChI=1S/C22H15ClN4O6/c23-12-17(25-33-22(31)27-9-8-24-26-27)20(29)16-10-14-6-7-15(11-18(14)32-21(16)30)19(28)13-4-2-1-3-5-13/h1-11,24,26H,12H2/b25-17-. The molecule has 10 nitrogen and oxygen atoms in total. The number of alkyl halides is 1. The maximum Gasteiger partial charge on any atom is 0.456 e. The molecule has 0 aliphatic carbocycles. The number of Topliss-reactive ketones (excluding diaryl/α,β-unsaturated/α-hetero) is 1. The first-order chi connectivity index (χ1) is 16.0. The smallest absolute Gasteiger partial charge is 0.422 e. The first kappa shape index (κ1) is 21.9. The van der Waals surface area contributed by atoms with Crippen LogP contribution in [0.3, 0.4) is 0 Å². The first-order valence-corrected chi connectivity index (χ1v) is 10.0. The number of hydrogen-bond donors (Lipinski definition) is 2. The van der Waals surface area contributed by atoms with E-state index < -0.39 is 23.4 Å². The number of oxime groups is 1. The van der Waals surface area contributed by atoms with E-state index in [2.05, 4.69) is 21.0 Å². The molecule has 4 rings (SSSR count). The zero-order valence-electron chi connectivity index (χ0n) is 16.8. The van der Waals surface area contributed by atoms with E-state index in [1.54, 1.807) is 42.5 Å². The Morgan fingerprint density at radius 3 is 2.55 bits per heavy atom. The number of amides is 1. The first-order valence-electron chi connectivity index (χ1n) is 9.51. The van der Waals surface area contributed by atoms with E-state index >= 15 is 0 Å². The molecule has 1 aromatic heterocycles. The van der Waals surface area contributed by atoms with Crippen LogP contribution in [0.25, 0.3) is 11.0 Å². The van der Waals surface area contributed by atoms with Crippen LogP contribution in [0.4, 0.5) is 4.79 Å². The lowest BCUT2D eigenvalue weighted by Gasteiger charge is -2.10. The molecule has 2 heterocycles. The molecule has 0 spiro atoms. The summed E-state index contributed by atoms with van der Waals surface area (Å²) < 4.78 is 5.27. The number of halogens is 1. The third kappa shape index (κ3) is 4.66. The number of carbonyl (C=O) groups excluding carboxylic acids is 3. The monoisotopic (exact) mass is 466 g/mol. The van der Waals surface area contributed by atoms with Gasteiger partial charge in [0.2, 0.25) is 5.78 Å². The van der Waals surface area contributed by atoms with E-state index in [1.807, 2.05) is 0 Å². The Labute approximate surface area is 191 Å². The fraction of sp³-hybridized carbons (Fsp3) is 0.0455. The van der Waals surface area contributed by atoms with Crippen molar-refractivity contribution in [2.45, 2.75) is 0 Å². The zero-order chi connectivity index (χ0) is 23.4. The van der Waals surface area contributed by atoms with Crippen LogP contribution >= 0.6 is 11.6 Å². The molecule has 166 valence electrons. The molecule has 3 aromatic rings. The van der Waals surface area contributed by atoms with Crippen LogP contribution < -0.4 is 16.6 Å². The number of hydrazine groups is 2. The second kappa shape index (κ2) is 9.47. The number of nitrogens with zero attached hydrogens (tertiary/aromatic N) is 2. The molecule has 1 aliphatic heterocycles. The quantitative estimate of drug-likeness (QED) is 0.142. The average molecular weight is 467 g/mol. The summed E-state index contributed by atoms with van der Waals surface area (Å²) in [5.74, 6) is -1.52. The summed E-state index contributed by atoms with van der Waals surface area (Å²) in [4.78, 5) is 54.4. The summed E-state index contributed by atoms with van der Waals surface area (Å²) in [5.41, 5.74) is 4.23. The van der Waals surface area contributed by atoms with Gasteiger partial charge in [0, 0.05) is 28.9 Å². The van der Waals surface area contributed by atoms with Crippen molar-refractivity contribution in [3.8, 4) is 0 Å². The molecule has 1 amide bonds. The molecule has 0 unspecified atom stereocenters. The number of benzene rings is 2. The number of hydrogen-bond acceptors (Lipinski definition) is 9. The third-order valence-corrected chi connectivity index (χ3v) is 4.84. The molecule has 0 radical (unpaired) electrons. The molecule has 0 bridgehead atoms. The molecule has 0 saturated carbocycles. The fourth-order valence-corrected chi connectivity index (χ4v) is 3.12. The van der Waals surface area contributed by atoms with Gasteiger partial charge in [-0.25, -0.2) is 9.59 Å². The fourth-order valence-electron chi connectivity index (χ4n) is 2.95. The molecule has 2 aromatic carbocycles. The predicted molar refractivity (Wildman–Crippen MR) is 119 cm³/mol. The van der Waals surface area contributed by atoms with Gasteiger partial charge in [0.05, 0.1) is 5.88 Å². The molecule has 1 aliphatic rings. The minimum atomic E-state index is -0.950. The Morgan fingerprint density at radius 2 is 1.85 bits per heavy atom. The molecule has 0 saturated heterocycles. The van der Waals surface area contributed by atoms with E-state index in [9.17, 15) is 19.2 Å². The number of ketones is 2. The Kier molecular flexibility index (Phi) is 6.29. The normalized spacial score (nSPS) is 13.1. The highest BCUT2D eigenvalue weighted by atomic mass is 35.5. The van der Waals surface area contributed by atoms with Crippen molar-refractivity contribution in [2.75, 3.05) is 5.88 Å². The van der Waals surface area contributed by atoms with Crippen LogP contribution in [0.2, 0.25) is 0 Å². The van der Waals surface area contributed by atoms with E-state index in [-0.39, 0.29) is 22.6 Å². The van der Waals surface area contributed by atoms with Gasteiger partial charge in [-0.15, -0.1) is 17.1 Å². The van der Waals surface area contributed by atoms with Crippen molar-refractivity contribution < 1.29 is 23.6 Å². The van der Waals surface area contributed by atoms with Crippen molar-refractivity contribution in [1.82, 2.24) is 16.0 Å². The second-order valence-corrected chi connectivity index (χ2v) is 6.96. The average Bonchev–Trinajstić information content (AvgIpc) is 3.38. The van der Waals surface area contributed by atoms with E-state index in [4.69, 9.17) is 16.0 Å². The van der Waals surface area contributed by atoms with Crippen LogP contribution in [0, 0.1) is 0 Å². The zero-order valence-corrected chi connectivity index (χ0v) is 17.5. The lowest BCUT2D eigenvalue weighted by molar-refractivity contribution is 0.100. The van der Waals surface area contributed by atoms with Crippen LogP contribution in [0.15, 0.2) is 81.4 Å². The summed E-state index contributed by atoms with van der Waals surface area (Å²) in [5, 5.41) is 4.81. The van der Waals surface area contributed by atoms with Gasteiger partial charge in [-0.2, -0.15) is 5.01 Å². The number of carbonyl (C=O) groups is 3. The lowest BCUT2D eigenvalue weighted by Crippen LogP contribution is -2.39. The highest BCUT2D eigenvalue weighted by molar-refractivity contribution is 6.53. The van der Waals surface area contributed by atoms with Crippen molar-refractivity contribution in [3.05, 3.63) is 94.1 Å². The van der Waals surface area contributed by atoms with Gasteiger partial charge in [0.25, 0.3) is 0 Å². The van der Waals surface area contributed by atoms with Gasteiger partial charge < -0.3 is 9.84 Å². The van der Waals surface area contributed by atoms with Crippen molar-refractivity contribution in [2.24, 2.45) is 5.16 Å². The number of nitrogens with one attached hydrogen (secondary N) is 2. The molecule has 2 N–H and O–H groups in total. The van der Waals surface area contributed by atoms with E-state index in [0.717, 1.165) is 5.01 Å². The topological polar surface area (TPSA) is 130 Å². The maximum atomic E-state index is 12.8. The minimum Gasteiger partial charge on any atom is -0.422 e. The Bertz CT molecular complexity index is 1370. The number of rotatable bonds is 6. The Morgan fingerprint density at radius 1 is 1.06 bits per heavy atom. The Balaban J connectivity index is 1.60. The summed E-state index contributed by atoms with van der Waals surface area (Å²) in [7, 11) is 0. The van der Waals surface area contributed by atoms with Crippen LogP contribution in [0.5, 0.6) is 0 Å². The summed E-state index contributed by atoms with van der Waals surface area (Å²) in [6.45, 7) is 0. The van der Waals surface area contributed by atoms with Crippen molar-refractivity contribution in [3.63, 3.8) is 0 Å². The van der Waals surface area contributed by atoms with Gasteiger partial charge in [-0.1, -0.05) is 47.6 Å². The summed E-state index contributed by atoms with van der Waals surface area (Å²) in [6, 6.07) is 14.5.